The van der Waals surface area contributed by atoms with E-state index >= 15 is 0 Å². The van der Waals surface area contributed by atoms with Crippen molar-refractivity contribution in [1.29, 1.82) is 0 Å². The average molecular weight is 422 g/mol. The third-order valence-electron chi connectivity index (χ3n) is 7.55. The molecule has 1 saturated carbocycles. The van der Waals surface area contributed by atoms with Crippen LogP contribution in [-0.2, 0) is 16.1 Å². The normalized spacial score (nSPS) is 26.3. The van der Waals surface area contributed by atoms with Crippen molar-refractivity contribution in [3.8, 4) is 0 Å². The minimum Gasteiger partial charge on any atom is -0.341 e. The zero-order chi connectivity index (χ0) is 21.6. The van der Waals surface area contributed by atoms with Crippen LogP contribution in [0.1, 0.15) is 62.7 Å². The number of amides is 2. The summed E-state index contributed by atoms with van der Waals surface area (Å²) in [5, 5.41) is 0. The van der Waals surface area contributed by atoms with Crippen LogP contribution in [0.2, 0.25) is 0 Å². The Hall–Kier alpha value is -2.70. The van der Waals surface area contributed by atoms with Crippen LogP contribution in [0.15, 0.2) is 37.1 Å². The lowest BCUT2D eigenvalue weighted by Gasteiger charge is -2.30. The van der Waals surface area contributed by atoms with Crippen molar-refractivity contribution in [3.63, 3.8) is 0 Å². The predicted octanol–water partition coefficient (Wildman–Crippen LogP) is 3.00. The van der Waals surface area contributed by atoms with Crippen LogP contribution in [0.3, 0.4) is 0 Å². The predicted molar refractivity (Wildman–Crippen MR) is 116 cm³/mol. The monoisotopic (exact) mass is 421 g/mol. The second-order valence-corrected chi connectivity index (χ2v) is 9.73. The smallest absolute Gasteiger partial charge is 0.231 e. The molecule has 7 nitrogen and oxygen atoms in total. The molecule has 2 aromatic rings. The molecule has 1 aliphatic carbocycles. The fraction of sp³-hybridized carbons (Fsp3) is 0.583. The molecular formula is C24H31N5O2. The van der Waals surface area contributed by atoms with E-state index in [0.717, 1.165) is 36.9 Å². The lowest BCUT2D eigenvalue weighted by atomic mass is 9.75. The Balaban J connectivity index is 1.44. The van der Waals surface area contributed by atoms with Crippen LogP contribution in [0.5, 0.6) is 0 Å². The maximum atomic E-state index is 13.8. The SMILES string of the molecule is CC(C)n1cnc([C@@H]2CN(C(=O)C3CCC3)C[C@]23CCN(Cc2ccncc2)C3=O)c1. The summed E-state index contributed by atoms with van der Waals surface area (Å²) in [5.41, 5.74) is 1.46. The number of hydrogen-bond donors (Lipinski definition) is 0. The fourth-order valence-corrected chi connectivity index (χ4v) is 5.37. The number of rotatable bonds is 5. The molecule has 2 amide bonds. The molecule has 1 spiro atoms. The van der Waals surface area contributed by atoms with Gasteiger partial charge in [0.25, 0.3) is 0 Å². The average Bonchev–Trinajstić information content (AvgIpc) is 3.42. The molecule has 0 bridgehead atoms. The van der Waals surface area contributed by atoms with Crippen LogP contribution in [-0.4, -0.2) is 55.8 Å². The van der Waals surface area contributed by atoms with Gasteiger partial charge >= 0.3 is 0 Å². The summed E-state index contributed by atoms with van der Waals surface area (Å²) < 4.78 is 2.09. The topological polar surface area (TPSA) is 71.3 Å². The number of carbonyl (C=O) groups is 2. The van der Waals surface area contributed by atoms with Crippen LogP contribution in [0, 0.1) is 11.3 Å². The molecule has 7 heteroatoms. The molecule has 2 aromatic heterocycles. The first-order valence-electron chi connectivity index (χ1n) is 11.5. The lowest BCUT2D eigenvalue weighted by molar-refractivity contribution is -0.139. The molecule has 4 heterocycles. The van der Waals surface area contributed by atoms with E-state index in [2.05, 4.69) is 29.6 Å². The Labute approximate surface area is 183 Å². The quantitative estimate of drug-likeness (QED) is 0.744. The second kappa shape index (κ2) is 7.77. The lowest BCUT2D eigenvalue weighted by Crippen LogP contribution is -2.42. The third-order valence-corrected chi connectivity index (χ3v) is 7.55. The van der Waals surface area contributed by atoms with Gasteiger partial charge < -0.3 is 14.4 Å². The third kappa shape index (κ3) is 3.44. The van der Waals surface area contributed by atoms with Crippen LogP contribution < -0.4 is 0 Å². The van der Waals surface area contributed by atoms with E-state index in [1.807, 2.05) is 28.3 Å². The Morgan fingerprint density at radius 1 is 1.26 bits per heavy atom. The Morgan fingerprint density at radius 2 is 2.03 bits per heavy atom. The number of nitrogens with zero attached hydrogens (tertiary/aromatic N) is 5. The summed E-state index contributed by atoms with van der Waals surface area (Å²) >= 11 is 0. The standard InChI is InChI=1S/C24H31N5O2/c1-17(2)29-14-21(26-16-29)20-13-28(22(30)19-4-3-5-19)15-24(20)8-11-27(23(24)31)12-18-6-9-25-10-7-18/h6-7,9-10,14,16-17,19-20H,3-5,8,11-13,15H2,1-2H3/t20-,24+/m0/s1. The first-order chi connectivity index (χ1) is 15.0. The first-order valence-corrected chi connectivity index (χ1v) is 11.5. The van der Waals surface area contributed by atoms with Gasteiger partial charge in [-0.15, -0.1) is 0 Å². The van der Waals surface area contributed by atoms with Gasteiger partial charge in [0.05, 0.1) is 17.4 Å². The van der Waals surface area contributed by atoms with Crippen molar-refractivity contribution in [3.05, 3.63) is 48.3 Å². The summed E-state index contributed by atoms with van der Waals surface area (Å²) in [6.07, 6.45) is 11.3. The van der Waals surface area contributed by atoms with E-state index in [-0.39, 0.29) is 23.7 Å². The molecule has 0 N–H and O–H groups in total. The minimum absolute atomic E-state index is 0.0496. The van der Waals surface area contributed by atoms with Gasteiger partial charge in [-0.1, -0.05) is 6.42 Å². The van der Waals surface area contributed by atoms with E-state index in [9.17, 15) is 9.59 Å². The number of pyridine rings is 1. The minimum atomic E-state index is -0.567. The second-order valence-electron chi connectivity index (χ2n) is 9.73. The largest absolute Gasteiger partial charge is 0.341 e. The highest BCUT2D eigenvalue weighted by atomic mass is 16.2. The number of carbonyl (C=O) groups excluding carboxylic acids is 2. The van der Waals surface area contributed by atoms with Gasteiger partial charge in [-0.3, -0.25) is 14.6 Å². The molecule has 0 radical (unpaired) electrons. The summed E-state index contributed by atoms with van der Waals surface area (Å²) in [6, 6.07) is 4.23. The molecule has 3 aliphatic rings. The zero-order valence-electron chi connectivity index (χ0n) is 18.4. The zero-order valence-corrected chi connectivity index (χ0v) is 18.4. The molecule has 5 rings (SSSR count). The summed E-state index contributed by atoms with van der Waals surface area (Å²) in [7, 11) is 0. The molecule has 3 fully saturated rings. The van der Waals surface area contributed by atoms with E-state index < -0.39 is 5.41 Å². The van der Waals surface area contributed by atoms with Crippen molar-refractivity contribution in [1.82, 2.24) is 24.3 Å². The van der Waals surface area contributed by atoms with E-state index in [4.69, 9.17) is 4.98 Å². The van der Waals surface area contributed by atoms with Gasteiger partial charge in [-0.05, 0) is 50.8 Å². The van der Waals surface area contributed by atoms with E-state index in [1.54, 1.807) is 12.4 Å². The van der Waals surface area contributed by atoms with Gasteiger partial charge in [0.1, 0.15) is 0 Å². The van der Waals surface area contributed by atoms with Gasteiger partial charge in [-0.2, -0.15) is 0 Å². The maximum Gasteiger partial charge on any atom is 0.231 e. The van der Waals surface area contributed by atoms with Crippen molar-refractivity contribution in [2.45, 2.75) is 58.0 Å². The summed E-state index contributed by atoms with van der Waals surface area (Å²) in [6.45, 7) is 6.67. The number of likely N-dealkylation sites (tertiary alicyclic amines) is 2. The number of hydrogen-bond acceptors (Lipinski definition) is 4. The van der Waals surface area contributed by atoms with Crippen LogP contribution >= 0.6 is 0 Å². The molecule has 31 heavy (non-hydrogen) atoms. The molecule has 164 valence electrons. The highest BCUT2D eigenvalue weighted by Crippen LogP contribution is 2.50. The molecule has 2 aliphatic heterocycles. The maximum absolute atomic E-state index is 13.8. The highest BCUT2D eigenvalue weighted by Gasteiger charge is 2.59. The van der Waals surface area contributed by atoms with Gasteiger partial charge in [-0.25, -0.2) is 4.98 Å². The number of aromatic nitrogens is 3. The van der Waals surface area contributed by atoms with Gasteiger partial charge in [0, 0.05) is 62.6 Å². The van der Waals surface area contributed by atoms with Gasteiger partial charge in [0.2, 0.25) is 11.8 Å². The van der Waals surface area contributed by atoms with Crippen LogP contribution in [0.4, 0.5) is 0 Å². The van der Waals surface area contributed by atoms with Crippen molar-refractivity contribution in [2.24, 2.45) is 11.3 Å². The van der Waals surface area contributed by atoms with Crippen LogP contribution in [0.25, 0.3) is 0 Å². The summed E-state index contributed by atoms with van der Waals surface area (Å²) in [5.74, 6) is 0.494. The fourth-order valence-electron chi connectivity index (χ4n) is 5.37. The van der Waals surface area contributed by atoms with E-state index in [1.165, 1.54) is 0 Å². The Bertz CT molecular complexity index is 967. The highest BCUT2D eigenvalue weighted by molar-refractivity contribution is 5.89. The van der Waals surface area contributed by atoms with Crippen molar-refractivity contribution in [2.75, 3.05) is 19.6 Å². The summed E-state index contributed by atoms with van der Waals surface area (Å²) in [4.78, 5) is 39.6. The van der Waals surface area contributed by atoms with Gasteiger partial charge in [0.15, 0.2) is 0 Å². The van der Waals surface area contributed by atoms with E-state index in [0.29, 0.717) is 32.2 Å². The molecular weight excluding hydrogens is 390 g/mol. The Kier molecular flexibility index (Phi) is 5.07. The van der Waals surface area contributed by atoms with Crippen molar-refractivity contribution < 1.29 is 9.59 Å². The first kappa shape index (κ1) is 20.2. The molecule has 0 unspecified atom stereocenters. The Morgan fingerprint density at radius 3 is 2.68 bits per heavy atom. The molecule has 0 aromatic carbocycles. The number of imidazole rings is 1. The van der Waals surface area contributed by atoms with Crippen molar-refractivity contribution >= 4 is 11.8 Å². The molecule has 2 saturated heterocycles. The molecule has 2 atom stereocenters.